The molecule has 2 aromatic rings. The fourth-order valence-electron chi connectivity index (χ4n) is 1.58. The molecule has 0 aliphatic rings. The third kappa shape index (κ3) is 3.97. The van der Waals surface area contributed by atoms with Gasteiger partial charge in [0.15, 0.2) is 5.16 Å². The van der Waals surface area contributed by atoms with Crippen molar-refractivity contribution >= 4 is 35.0 Å². The Kier molecular flexibility index (Phi) is 5.20. The number of thioether (sulfide) groups is 1. The number of amides is 1. The molecule has 1 N–H and O–H groups in total. The molecular formula is C13H12ClN5OS. The zero-order chi connectivity index (χ0) is 15.2. The lowest BCUT2D eigenvalue weighted by Crippen LogP contribution is -2.14. The number of hydrogen-bond donors (Lipinski definition) is 1. The zero-order valence-corrected chi connectivity index (χ0v) is 12.8. The molecular weight excluding hydrogens is 310 g/mol. The van der Waals surface area contributed by atoms with Gasteiger partial charge in [-0.05, 0) is 25.1 Å². The summed E-state index contributed by atoms with van der Waals surface area (Å²) in [7, 11) is 0. The van der Waals surface area contributed by atoms with Crippen LogP contribution in [0, 0.1) is 11.3 Å². The second kappa shape index (κ2) is 7.11. The van der Waals surface area contributed by atoms with Crippen LogP contribution < -0.4 is 5.32 Å². The molecule has 1 aromatic heterocycles. The molecule has 1 amide bonds. The highest BCUT2D eigenvalue weighted by atomic mass is 35.5. The van der Waals surface area contributed by atoms with Gasteiger partial charge in [-0.2, -0.15) is 5.26 Å². The topological polar surface area (TPSA) is 83.6 Å². The molecule has 0 unspecified atom stereocenters. The van der Waals surface area contributed by atoms with Crippen molar-refractivity contribution in [2.75, 3.05) is 11.1 Å². The van der Waals surface area contributed by atoms with Crippen LogP contribution in [0.5, 0.6) is 0 Å². The zero-order valence-electron chi connectivity index (χ0n) is 11.2. The summed E-state index contributed by atoms with van der Waals surface area (Å²) in [5, 5.41) is 20.3. The van der Waals surface area contributed by atoms with E-state index in [1.807, 2.05) is 17.6 Å². The first-order chi connectivity index (χ1) is 10.1. The first-order valence-electron chi connectivity index (χ1n) is 6.14. The van der Waals surface area contributed by atoms with Gasteiger partial charge < -0.3 is 9.88 Å². The van der Waals surface area contributed by atoms with E-state index in [-0.39, 0.29) is 11.7 Å². The van der Waals surface area contributed by atoms with Crippen LogP contribution in [-0.4, -0.2) is 26.4 Å². The predicted molar refractivity (Wildman–Crippen MR) is 81.2 cm³/mol. The molecule has 0 bridgehead atoms. The maximum absolute atomic E-state index is 11.9. The van der Waals surface area contributed by atoms with E-state index in [1.54, 1.807) is 24.5 Å². The van der Waals surface area contributed by atoms with Crippen molar-refractivity contribution in [3.63, 3.8) is 0 Å². The van der Waals surface area contributed by atoms with E-state index in [1.165, 1.54) is 11.8 Å². The average Bonchev–Trinajstić information content (AvgIpc) is 2.93. The summed E-state index contributed by atoms with van der Waals surface area (Å²) in [4.78, 5) is 11.9. The van der Waals surface area contributed by atoms with Gasteiger partial charge in [-0.15, -0.1) is 10.2 Å². The molecule has 1 heterocycles. The number of hydrogen-bond acceptors (Lipinski definition) is 5. The Morgan fingerprint density at radius 1 is 1.57 bits per heavy atom. The molecule has 0 radical (unpaired) electrons. The lowest BCUT2D eigenvalue weighted by Gasteiger charge is -2.06. The summed E-state index contributed by atoms with van der Waals surface area (Å²) in [5.74, 6) is 0.0440. The number of benzene rings is 1. The predicted octanol–water partition coefficient (Wildman–Crippen LogP) is 2.55. The van der Waals surface area contributed by atoms with E-state index in [9.17, 15) is 4.79 Å². The van der Waals surface area contributed by atoms with Crippen molar-refractivity contribution < 1.29 is 4.79 Å². The molecule has 6 nitrogen and oxygen atoms in total. The van der Waals surface area contributed by atoms with Gasteiger partial charge in [0, 0.05) is 12.2 Å². The number of carbonyl (C=O) groups excluding carboxylic acids is 1. The number of nitrogens with one attached hydrogen (secondary N) is 1. The van der Waals surface area contributed by atoms with Crippen LogP contribution in [-0.2, 0) is 11.3 Å². The number of aromatic nitrogens is 3. The fraction of sp³-hybridized carbons (Fsp3) is 0.231. The van der Waals surface area contributed by atoms with Crippen molar-refractivity contribution in [3.8, 4) is 6.07 Å². The molecule has 0 saturated carbocycles. The molecule has 2 rings (SSSR count). The summed E-state index contributed by atoms with van der Waals surface area (Å²) in [6, 6.07) is 6.73. The van der Waals surface area contributed by atoms with E-state index >= 15 is 0 Å². The SMILES string of the molecule is CCn1cnnc1SCC(=O)Nc1ccc(C#N)c(Cl)c1. The molecule has 0 aliphatic carbocycles. The Balaban J connectivity index is 1.93. The monoisotopic (exact) mass is 321 g/mol. The first kappa shape index (κ1) is 15.4. The number of halogens is 1. The van der Waals surface area contributed by atoms with E-state index in [2.05, 4.69) is 15.5 Å². The van der Waals surface area contributed by atoms with Crippen molar-refractivity contribution in [1.29, 1.82) is 5.26 Å². The minimum Gasteiger partial charge on any atom is -0.325 e. The summed E-state index contributed by atoms with van der Waals surface area (Å²) in [6.45, 7) is 2.73. The Hall–Kier alpha value is -2.04. The second-order valence-corrected chi connectivity index (χ2v) is 5.39. The number of aryl methyl sites for hydroxylation is 1. The van der Waals surface area contributed by atoms with Gasteiger partial charge in [-0.3, -0.25) is 4.79 Å². The highest BCUT2D eigenvalue weighted by molar-refractivity contribution is 7.99. The quantitative estimate of drug-likeness (QED) is 0.856. The molecule has 0 atom stereocenters. The smallest absolute Gasteiger partial charge is 0.234 e. The molecule has 8 heteroatoms. The lowest BCUT2D eigenvalue weighted by atomic mass is 10.2. The number of anilines is 1. The fourth-order valence-corrected chi connectivity index (χ4v) is 2.59. The molecule has 108 valence electrons. The van der Waals surface area contributed by atoms with Gasteiger partial charge in [0.05, 0.1) is 16.3 Å². The Labute approximate surface area is 131 Å². The summed E-state index contributed by atoms with van der Waals surface area (Å²) in [5.41, 5.74) is 0.932. The van der Waals surface area contributed by atoms with Crippen molar-refractivity contribution in [2.24, 2.45) is 0 Å². The normalized spacial score (nSPS) is 10.1. The summed E-state index contributed by atoms with van der Waals surface area (Å²) >= 11 is 7.22. The van der Waals surface area contributed by atoms with Crippen LogP contribution in [0.25, 0.3) is 0 Å². The number of nitriles is 1. The van der Waals surface area contributed by atoms with Gasteiger partial charge in [-0.25, -0.2) is 0 Å². The number of nitrogens with zero attached hydrogens (tertiary/aromatic N) is 4. The van der Waals surface area contributed by atoms with Crippen LogP contribution in [0.4, 0.5) is 5.69 Å². The second-order valence-electron chi connectivity index (χ2n) is 4.04. The van der Waals surface area contributed by atoms with E-state index < -0.39 is 0 Å². The Morgan fingerprint density at radius 3 is 3.05 bits per heavy atom. The van der Waals surface area contributed by atoms with Crippen molar-refractivity contribution in [3.05, 3.63) is 35.1 Å². The van der Waals surface area contributed by atoms with Gasteiger partial charge >= 0.3 is 0 Å². The molecule has 0 fully saturated rings. The molecule has 0 saturated heterocycles. The molecule has 0 spiro atoms. The van der Waals surface area contributed by atoms with Gasteiger partial charge in [0.1, 0.15) is 12.4 Å². The highest BCUT2D eigenvalue weighted by Gasteiger charge is 2.09. The standard InChI is InChI=1S/C13H12ClN5OS/c1-2-19-8-16-18-13(19)21-7-12(20)17-10-4-3-9(6-15)11(14)5-10/h3-5,8H,2,7H2,1H3,(H,17,20). The van der Waals surface area contributed by atoms with Crippen LogP contribution in [0.15, 0.2) is 29.7 Å². The first-order valence-corrected chi connectivity index (χ1v) is 7.50. The highest BCUT2D eigenvalue weighted by Crippen LogP contribution is 2.21. The number of carbonyl (C=O) groups is 1. The molecule has 0 aliphatic heterocycles. The average molecular weight is 322 g/mol. The third-order valence-corrected chi connectivity index (χ3v) is 3.92. The summed E-state index contributed by atoms with van der Waals surface area (Å²) < 4.78 is 1.86. The van der Waals surface area contributed by atoms with Gasteiger partial charge in [-0.1, -0.05) is 23.4 Å². The van der Waals surface area contributed by atoms with Crippen molar-refractivity contribution in [1.82, 2.24) is 14.8 Å². The third-order valence-electron chi connectivity index (χ3n) is 2.63. The van der Waals surface area contributed by atoms with E-state index in [0.29, 0.717) is 21.4 Å². The minimum atomic E-state index is -0.175. The van der Waals surface area contributed by atoms with Crippen LogP contribution in [0.3, 0.4) is 0 Å². The lowest BCUT2D eigenvalue weighted by molar-refractivity contribution is -0.113. The van der Waals surface area contributed by atoms with E-state index in [0.717, 1.165) is 6.54 Å². The largest absolute Gasteiger partial charge is 0.325 e. The van der Waals surface area contributed by atoms with Crippen LogP contribution in [0.1, 0.15) is 12.5 Å². The van der Waals surface area contributed by atoms with Crippen LogP contribution in [0.2, 0.25) is 5.02 Å². The van der Waals surface area contributed by atoms with Crippen molar-refractivity contribution in [2.45, 2.75) is 18.6 Å². The molecule has 21 heavy (non-hydrogen) atoms. The Morgan fingerprint density at radius 2 is 2.38 bits per heavy atom. The summed E-state index contributed by atoms with van der Waals surface area (Å²) in [6.07, 6.45) is 1.63. The van der Waals surface area contributed by atoms with Gasteiger partial charge in [0.2, 0.25) is 5.91 Å². The Bertz CT molecular complexity index is 694. The van der Waals surface area contributed by atoms with Gasteiger partial charge in [0.25, 0.3) is 0 Å². The van der Waals surface area contributed by atoms with Crippen LogP contribution >= 0.6 is 23.4 Å². The minimum absolute atomic E-state index is 0.175. The number of rotatable bonds is 5. The van der Waals surface area contributed by atoms with E-state index in [4.69, 9.17) is 16.9 Å². The maximum Gasteiger partial charge on any atom is 0.234 e. The molecule has 1 aromatic carbocycles. The maximum atomic E-state index is 11.9.